The molecule has 1 atom stereocenters. The van der Waals surface area contributed by atoms with Gasteiger partial charge in [0.1, 0.15) is 0 Å². The third kappa shape index (κ3) is 4.61. The number of thiophene rings is 1. The Bertz CT molecular complexity index is 1030. The smallest absolute Gasteiger partial charge is 0.313 e. The third-order valence-corrected chi connectivity index (χ3v) is 6.50. The number of carbonyl (C=O) groups excluding carboxylic acids is 2. The molecule has 0 saturated heterocycles. The summed E-state index contributed by atoms with van der Waals surface area (Å²) in [7, 11) is 0. The molecule has 0 spiro atoms. The zero-order chi connectivity index (χ0) is 20.9. The Labute approximate surface area is 180 Å². The molecule has 6 heteroatoms. The minimum Gasteiger partial charge on any atom is -0.346 e. The Kier molecular flexibility index (Phi) is 6.26. The minimum absolute atomic E-state index is 0.0357. The molecule has 2 N–H and O–H groups in total. The molecular weight excluding hydrogens is 394 g/mol. The number of amides is 2. The fourth-order valence-electron chi connectivity index (χ4n) is 3.84. The normalized spacial score (nSPS) is 14.6. The van der Waals surface area contributed by atoms with E-state index < -0.39 is 11.8 Å². The first-order valence-corrected chi connectivity index (χ1v) is 11.0. The van der Waals surface area contributed by atoms with E-state index in [9.17, 15) is 9.59 Å². The lowest BCUT2D eigenvalue weighted by Gasteiger charge is -2.35. The van der Waals surface area contributed by atoms with Crippen LogP contribution in [-0.4, -0.2) is 29.8 Å². The number of carbonyl (C=O) groups is 2. The Balaban J connectivity index is 1.43. The van der Waals surface area contributed by atoms with Crippen molar-refractivity contribution in [2.75, 3.05) is 18.4 Å². The van der Waals surface area contributed by atoms with Gasteiger partial charge < -0.3 is 10.6 Å². The van der Waals surface area contributed by atoms with E-state index in [0.29, 0.717) is 12.2 Å². The van der Waals surface area contributed by atoms with Crippen LogP contribution in [0.4, 0.5) is 5.69 Å². The number of nitrogens with zero attached hydrogens (tertiary/aromatic N) is 1. The highest BCUT2D eigenvalue weighted by Gasteiger charge is 2.26. The molecule has 1 aliphatic rings. The van der Waals surface area contributed by atoms with Crippen LogP contribution in [-0.2, 0) is 22.6 Å². The van der Waals surface area contributed by atoms with Gasteiger partial charge in [0.2, 0.25) is 0 Å². The molecule has 0 bridgehead atoms. The first-order chi connectivity index (χ1) is 14.6. The van der Waals surface area contributed by atoms with Gasteiger partial charge in [0.05, 0.1) is 6.04 Å². The molecule has 4 rings (SSSR count). The van der Waals surface area contributed by atoms with E-state index in [1.165, 1.54) is 16.0 Å². The fourth-order valence-corrected chi connectivity index (χ4v) is 4.70. The highest BCUT2D eigenvalue weighted by Crippen LogP contribution is 2.30. The van der Waals surface area contributed by atoms with Crippen LogP contribution in [0.5, 0.6) is 0 Å². The summed E-state index contributed by atoms with van der Waals surface area (Å²) in [4.78, 5) is 28.4. The largest absolute Gasteiger partial charge is 0.346 e. The molecule has 2 aromatic carbocycles. The molecule has 0 saturated carbocycles. The van der Waals surface area contributed by atoms with Crippen LogP contribution in [0.25, 0.3) is 0 Å². The van der Waals surface area contributed by atoms with Gasteiger partial charge in [-0.1, -0.05) is 48.5 Å². The van der Waals surface area contributed by atoms with Crippen molar-refractivity contribution in [3.63, 3.8) is 0 Å². The van der Waals surface area contributed by atoms with Crippen molar-refractivity contribution < 1.29 is 9.59 Å². The number of nitrogens with one attached hydrogen (secondary N) is 2. The van der Waals surface area contributed by atoms with Crippen molar-refractivity contribution >= 4 is 28.8 Å². The third-order valence-electron chi connectivity index (χ3n) is 5.53. The lowest BCUT2D eigenvalue weighted by Crippen LogP contribution is -2.43. The molecule has 0 fully saturated rings. The van der Waals surface area contributed by atoms with Gasteiger partial charge in [-0.3, -0.25) is 14.5 Å². The maximum absolute atomic E-state index is 12.5. The number of rotatable bonds is 5. The van der Waals surface area contributed by atoms with Gasteiger partial charge in [-0.05, 0) is 47.5 Å². The maximum atomic E-state index is 12.5. The Morgan fingerprint density at radius 3 is 2.53 bits per heavy atom. The van der Waals surface area contributed by atoms with E-state index in [0.717, 1.165) is 25.1 Å². The van der Waals surface area contributed by atoms with Gasteiger partial charge >= 0.3 is 11.8 Å². The van der Waals surface area contributed by atoms with E-state index >= 15 is 0 Å². The van der Waals surface area contributed by atoms with E-state index in [-0.39, 0.29) is 6.04 Å². The lowest BCUT2D eigenvalue weighted by atomic mass is 9.98. The molecule has 2 amide bonds. The van der Waals surface area contributed by atoms with Gasteiger partial charge in [-0.15, -0.1) is 11.3 Å². The molecule has 0 aliphatic carbocycles. The predicted octanol–water partition coefficient (Wildman–Crippen LogP) is 3.91. The topological polar surface area (TPSA) is 61.4 Å². The van der Waals surface area contributed by atoms with Crippen LogP contribution < -0.4 is 10.6 Å². The summed E-state index contributed by atoms with van der Waals surface area (Å²) >= 11 is 1.68. The predicted molar refractivity (Wildman–Crippen MR) is 120 cm³/mol. The SMILES string of the molecule is Cc1ccccc1NC(=O)C(=O)NC[C@@H](c1cccs1)N1CCc2ccccc2C1. The van der Waals surface area contributed by atoms with Gasteiger partial charge in [0.15, 0.2) is 0 Å². The number of hydrogen-bond donors (Lipinski definition) is 2. The molecule has 5 nitrogen and oxygen atoms in total. The number of fused-ring (bicyclic) bond motifs is 1. The second-order valence-corrected chi connectivity index (χ2v) is 8.48. The second kappa shape index (κ2) is 9.24. The number of benzene rings is 2. The summed E-state index contributed by atoms with van der Waals surface area (Å²) < 4.78 is 0. The summed E-state index contributed by atoms with van der Waals surface area (Å²) in [6.45, 7) is 4.05. The molecule has 1 aromatic heterocycles. The monoisotopic (exact) mass is 419 g/mol. The first kappa shape index (κ1) is 20.3. The molecule has 30 heavy (non-hydrogen) atoms. The molecular formula is C24H25N3O2S. The van der Waals surface area contributed by atoms with Crippen molar-refractivity contribution in [2.24, 2.45) is 0 Å². The summed E-state index contributed by atoms with van der Waals surface area (Å²) in [5.41, 5.74) is 4.29. The summed E-state index contributed by atoms with van der Waals surface area (Å²) in [5, 5.41) is 7.59. The minimum atomic E-state index is -0.641. The van der Waals surface area contributed by atoms with Crippen LogP contribution in [0.3, 0.4) is 0 Å². The summed E-state index contributed by atoms with van der Waals surface area (Å²) in [6.07, 6.45) is 0.986. The van der Waals surface area contributed by atoms with E-state index in [1.807, 2.05) is 36.6 Å². The van der Waals surface area contributed by atoms with Crippen LogP contribution in [0.1, 0.15) is 27.6 Å². The highest BCUT2D eigenvalue weighted by molar-refractivity contribution is 7.10. The number of anilines is 1. The van der Waals surface area contributed by atoms with Gasteiger partial charge in [-0.2, -0.15) is 0 Å². The summed E-state index contributed by atoms with van der Waals surface area (Å²) in [6, 6.07) is 20.1. The second-order valence-electron chi connectivity index (χ2n) is 7.50. The Morgan fingerprint density at radius 2 is 1.77 bits per heavy atom. The van der Waals surface area contributed by atoms with Gasteiger partial charge in [-0.25, -0.2) is 0 Å². The van der Waals surface area contributed by atoms with E-state index in [4.69, 9.17) is 0 Å². The standard InChI is InChI=1S/C24H25N3O2S/c1-17-7-2-5-10-20(17)26-24(29)23(28)25-15-21(22-11-6-14-30-22)27-13-12-18-8-3-4-9-19(18)16-27/h2-11,14,21H,12-13,15-16H2,1H3,(H,25,28)(H,26,29)/t21-/m0/s1. The number of aryl methyl sites for hydroxylation is 1. The van der Waals surface area contributed by atoms with Crippen molar-refractivity contribution in [3.8, 4) is 0 Å². The maximum Gasteiger partial charge on any atom is 0.313 e. The van der Waals surface area contributed by atoms with Crippen molar-refractivity contribution in [3.05, 3.63) is 87.6 Å². The van der Waals surface area contributed by atoms with Gasteiger partial charge in [0.25, 0.3) is 0 Å². The van der Waals surface area contributed by atoms with Crippen molar-refractivity contribution in [2.45, 2.75) is 25.9 Å². The molecule has 3 aromatic rings. The van der Waals surface area contributed by atoms with Gasteiger partial charge in [0, 0.05) is 30.2 Å². The quantitative estimate of drug-likeness (QED) is 0.617. The highest BCUT2D eigenvalue weighted by atomic mass is 32.1. The van der Waals surface area contributed by atoms with Crippen LogP contribution >= 0.6 is 11.3 Å². The zero-order valence-electron chi connectivity index (χ0n) is 16.9. The van der Waals surface area contributed by atoms with Crippen LogP contribution in [0.15, 0.2) is 66.0 Å². The van der Waals surface area contributed by atoms with E-state index in [2.05, 4.69) is 45.9 Å². The zero-order valence-corrected chi connectivity index (χ0v) is 17.7. The molecule has 0 radical (unpaired) electrons. The lowest BCUT2D eigenvalue weighted by molar-refractivity contribution is -0.136. The number of hydrogen-bond acceptors (Lipinski definition) is 4. The van der Waals surface area contributed by atoms with Crippen molar-refractivity contribution in [1.29, 1.82) is 0 Å². The Hall–Kier alpha value is -2.96. The number of para-hydroxylation sites is 1. The fraction of sp³-hybridized carbons (Fsp3) is 0.250. The molecule has 0 unspecified atom stereocenters. The summed E-state index contributed by atoms with van der Waals surface area (Å²) in [5.74, 6) is -1.25. The van der Waals surface area contributed by atoms with Crippen molar-refractivity contribution in [1.82, 2.24) is 10.2 Å². The average molecular weight is 420 g/mol. The van der Waals surface area contributed by atoms with Crippen LogP contribution in [0.2, 0.25) is 0 Å². The first-order valence-electron chi connectivity index (χ1n) is 10.1. The average Bonchev–Trinajstić information content (AvgIpc) is 3.30. The van der Waals surface area contributed by atoms with E-state index in [1.54, 1.807) is 17.4 Å². The van der Waals surface area contributed by atoms with Crippen LogP contribution in [0, 0.1) is 6.92 Å². The molecule has 154 valence electrons. The molecule has 1 aliphatic heterocycles. The Morgan fingerprint density at radius 1 is 1.00 bits per heavy atom. The molecule has 2 heterocycles.